The van der Waals surface area contributed by atoms with Crippen molar-refractivity contribution in [3.05, 3.63) is 40.7 Å². The minimum absolute atomic E-state index is 0.103. The first-order valence-electron chi connectivity index (χ1n) is 5.51. The molecule has 1 aromatic heterocycles. The largest absolute Gasteiger partial charge is 0.431 e. The van der Waals surface area contributed by atoms with Crippen LogP contribution in [0.4, 0.5) is 18.3 Å². The average Bonchev–Trinajstić information content (AvgIpc) is 2.79. The topological polar surface area (TPSA) is 46.5 Å². The Bertz CT molecular complexity index is 616. The van der Waals surface area contributed by atoms with E-state index in [4.69, 9.17) is 0 Å². The quantitative estimate of drug-likeness (QED) is 0.677. The monoisotopic (exact) mass is 301 g/mol. The van der Waals surface area contributed by atoms with Crippen molar-refractivity contribution in [1.82, 2.24) is 4.98 Å². The zero-order chi connectivity index (χ0) is 14.5. The van der Waals surface area contributed by atoms with Gasteiger partial charge in [0.15, 0.2) is 11.6 Å². The number of nitrogens with one attached hydrogen (secondary N) is 1. The molecule has 20 heavy (non-hydrogen) atoms. The van der Waals surface area contributed by atoms with Gasteiger partial charge in [0.2, 0.25) is 5.13 Å². The van der Waals surface area contributed by atoms with Crippen molar-refractivity contribution in [2.24, 2.45) is 5.10 Å². The third-order valence-electron chi connectivity index (χ3n) is 2.19. The van der Waals surface area contributed by atoms with Crippen molar-refractivity contribution in [3.8, 4) is 5.75 Å². The summed E-state index contributed by atoms with van der Waals surface area (Å²) in [5, 5.41) is 6.19. The summed E-state index contributed by atoms with van der Waals surface area (Å²) in [5.41, 5.74) is 3.56. The Hall–Kier alpha value is -2.09. The standard InChI is InChI=1S/C12H10F3N3OS/c1-7-6-20-12(17-7)18-16-5-8-3-2-4-9(13)10(8)19-11(14)15/h2-6,11H,1H3,(H,17,18). The number of ether oxygens (including phenoxy) is 1. The van der Waals surface area contributed by atoms with Gasteiger partial charge in [0.05, 0.1) is 11.9 Å². The molecule has 0 spiro atoms. The first-order valence-corrected chi connectivity index (χ1v) is 6.39. The number of thiazole rings is 1. The summed E-state index contributed by atoms with van der Waals surface area (Å²) < 4.78 is 42.0. The fraction of sp³-hybridized carbons (Fsp3) is 0.167. The van der Waals surface area contributed by atoms with E-state index < -0.39 is 18.2 Å². The third kappa shape index (κ3) is 3.70. The van der Waals surface area contributed by atoms with Crippen LogP contribution in [-0.4, -0.2) is 17.8 Å². The summed E-state index contributed by atoms with van der Waals surface area (Å²) in [6.07, 6.45) is 1.19. The van der Waals surface area contributed by atoms with Gasteiger partial charge in [-0.2, -0.15) is 13.9 Å². The number of para-hydroxylation sites is 1. The normalized spacial score (nSPS) is 11.2. The number of alkyl halides is 2. The maximum atomic E-state index is 13.4. The molecular weight excluding hydrogens is 291 g/mol. The molecule has 0 unspecified atom stereocenters. The number of nitrogens with zero attached hydrogens (tertiary/aromatic N) is 2. The van der Waals surface area contributed by atoms with Crippen molar-refractivity contribution in [3.63, 3.8) is 0 Å². The molecule has 0 aliphatic rings. The van der Waals surface area contributed by atoms with Crippen molar-refractivity contribution in [2.45, 2.75) is 13.5 Å². The van der Waals surface area contributed by atoms with Crippen LogP contribution in [0.2, 0.25) is 0 Å². The summed E-state index contributed by atoms with van der Waals surface area (Å²) in [5.74, 6) is -1.41. The van der Waals surface area contributed by atoms with E-state index in [0.29, 0.717) is 5.13 Å². The van der Waals surface area contributed by atoms with Crippen molar-refractivity contribution in [1.29, 1.82) is 0 Å². The van der Waals surface area contributed by atoms with E-state index in [1.165, 1.54) is 29.7 Å². The number of rotatable bonds is 5. The van der Waals surface area contributed by atoms with E-state index in [1.807, 2.05) is 12.3 Å². The van der Waals surface area contributed by atoms with E-state index >= 15 is 0 Å². The molecule has 2 rings (SSSR count). The molecule has 0 radical (unpaired) electrons. The van der Waals surface area contributed by atoms with Gasteiger partial charge in [0.25, 0.3) is 0 Å². The number of benzene rings is 1. The summed E-state index contributed by atoms with van der Waals surface area (Å²) >= 11 is 1.34. The van der Waals surface area contributed by atoms with Gasteiger partial charge < -0.3 is 4.74 Å². The smallest absolute Gasteiger partial charge is 0.387 e. The van der Waals surface area contributed by atoms with Crippen molar-refractivity contribution < 1.29 is 17.9 Å². The summed E-state index contributed by atoms with van der Waals surface area (Å²) in [6.45, 7) is -1.28. The molecule has 0 saturated heterocycles. The van der Waals surface area contributed by atoms with Crippen LogP contribution in [0.3, 0.4) is 0 Å². The van der Waals surface area contributed by atoms with Gasteiger partial charge in [-0.25, -0.2) is 9.37 Å². The highest BCUT2D eigenvalue weighted by molar-refractivity contribution is 7.13. The van der Waals surface area contributed by atoms with Crippen LogP contribution >= 0.6 is 11.3 Å². The van der Waals surface area contributed by atoms with Crippen LogP contribution in [0.5, 0.6) is 5.75 Å². The SMILES string of the molecule is Cc1csc(NN=Cc2cccc(F)c2OC(F)F)n1. The summed E-state index contributed by atoms with van der Waals surface area (Å²) in [6, 6.07) is 3.83. The molecule has 8 heteroatoms. The Morgan fingerprint density at radius 2 is 2.25 bits per heavy atom. The van der Waals surface area contributed by atoms with Gasteiger partial charge in [-0.05, 0) is 19.1 Å². The number of anilines is 1. The Morgan fingerprint density at radius 1 is 1.45 bits per heavy atom. The molecule has 0 fully saturated rings. The minimum atomic E-state index is -3.10. The van der Waals surface area contributed by atoms with Gasteiger partial charge in [0, 0.05) is 10.9 Å². The second-order valence-electron chi connectivity index (χ2n) is 3.70. The molecule has 1 aromatic carbocycles. The van der Waals surface area contributed by atoms with Gasteiger partial charge in [-0.1, -0.05) is 6.07 Å². The molecule has 0 bridgehead atoms. The number of aromatic nitrogens is 1. The fourth-order valence-corrected chi connectivity index (χ4v) is 2.04. The molecule has 0 aliphatic heterocycles. The number of aryl methyl sites for hydroxylation is 1. The van der Waals surface area contributed by atoms with Crippen LogP contribution in [0.1, 0.15) is 11.3 Å². The Kier molecular flexibility index (Phi) is 4.57. The molecule has 106 valence electrons. The minimum Gasteiger partial charge on any atom is -0.431 e. The molecule has 0 atom stereocenters. The molecule has 4 nitrogen and oxygen atoms in total. The first-order chi connectivity index (χ1) is 9.56. The lowest BCUT2D eigenvalue weighted by atomic mass is 10.2. The highest BCUT2D eigenvalue weighted by Crippen LogP contribution is 2.23. The number of halogens is 3. The lowest BCUT2D eigenvalue weighted by Gasteiger charge is -2.08. The molecule has 1 N–H and O–H groups in total. The Morgan fingerprint density at radius 3 is 2.90 bits per heavy atom. The average molecular weight is 301 g/mol. The predicted octanol–water partition coefficient (Wildman–Crippen LogP) is 3.64. The van der Waals surface area contributed by atoms with Crippen LogP contribution in [-0.2, 0) is 0 Å². The number of hydrazone groups is 1. The number of hydrogen-bond acceptors (Lipinski definition) is 5. The zero-order valence-corrected chi connectivity index (χ0v) is 11.1. The van der Waals surface area contributed by atoms with E-state index in [9.17, 15) is 13.2 Å². The highest BCUT2D eigenvalue weighted by Gasteiger charge is 2.13. The van der Waals surface area contributed by atoms with Crippen LogP contribution < -0.4 is 10.2 Å². The van der Waals surface area contributed by atoms with Gasteiger partial charge in [-0.3, -0.25) is 5.43 Å². The lowest BCUT2D eigenvalue weighted by molar-refractivity contribution is -0.0522. The van der Waals surface area contributed by atoms with Crippen LogP contribution in [0.25, 0.3) is 0 Å². The maximum absolute atomic E-state index is 13.4. The fourth-order valence-electron chi connectivity index (χ4n) is 1.40. The molecule has 0 saturated carbocycles. The maximum Gasteiger partial charge on any atom is 0.387 e. The van der Waals surface area contributed by atoms with E-state index in [2.05, 4.69) is 20.2 Å². The summed E-state index contributed by atoms with van der Waals surface area (Å²) in [4.78, 5) is 4.10. The van der Waals surface area contributed by atoms with Gasteiger partial charge >= 0.3 is 6.61 Å². The lowest BCUT2D eigenvalue weighted by Crippen LogP contribution is -2.06. The van der Waals surface area contributed by atoms with Crippen molar-refractivity contribution in [2.75, 3.05) is 5.43 Å². The molecule has 1 heterocycles. The Labute approximate surface area is 116 Å². The molecule has 2 aromatic rings. The van der Waals surface area contributed by atoms with Crippen LogP contribution in [0, 0.1) is 12.7 Å². The van der Waals surface area contributed by atoms with Crippen LogP contribution in [0.15, 0.2) is 28.7 Å². The molecule has 0 amide bonds. The van der Waals surface area contributed by atoms with E-state index in [-0.39, 0.29) is 5.56 Å². The molecular formula is C12H10F3N3OS. The first kappa shape index (κ1) is 14.3. The highest BCUT2D eigenvalue weighted by atomic mass is 32.1. The third-order valence-corrected chi connectivity index (χ3v) is 3.05. The molecule has 0 aliphatic carbocycles. The van der Waals surface area contributed by atoms with Crippen molar-refractivity contribution >= 4 is 22.7 Å². The van der Waals surface area contributed by atoms with E-state index in [0.717, 1.165) is 11.8 Å². The van der Waals surface area contributed by atoms with Gasteiger partial charge in [-0.15, -0.1) is 11.3 Å². The second kappa shape index (κ2) is 6.38. The summed E-state index contributed by atoms with van der Waals surface area (Å²) in [7, 11) is 0. The van der Waals surface area contributed by atoms with E-state index in [1.54, 1.807) is 0 Å². The zero-order valence-electron chi connectivity index (χ0n) is 10.3. The predicted molar refractivity (Wildman–Crippen MR) is 71.1 cm³/mol. The van der Waals surface area contributed by atoms with Gasteiger partial charge in [0.1, 0.15) is 0 Å². The second-order valence-corrected chi connectivity index (χ2v) is 4.56. The Balaban J connectivity index is 2.14. The number of hydrogen-bond donors (Lipinski definition) is 1.